The standard InChI is InChI=1S/C14H10ClF3N4O2S/c15-10-3-1-9(2-4-10)13(14(16,17)18)21-25(23,24)11-7-19-12-5-6-20-22(12)8-11/h1-8,13,21H. The van der Waals surface area contributed by atoms with Crippen LogP contribution in [0.25, 0.3) is 5.65 Å². The van der Waals surface area contributed by atoms with Crippen LogP contribution in [0.15, 0.2) is 53.8 Å². The molecular formula is C14H10ClF3N4O2S. The van der Waals surface area contributed by atoms with Crippen LogP contribution in [0.3, 0.4) is 0 Å². The van der Waals surface area contributed by atoms with Crippen molar-refractivity contribution in [2.45, 2.75) is 17.1 Å². The van der Waals surface area contributed by atoms with Crippen molar-refractivity contribution in [1.82, 2.24) is 19.3 Å². The monoisotopic (exact) mass is 390 g/mol. The number of rotatable bonds is 4. The number of hydrogen-bond acceptors (Lipinski definition) is 4. The van der Waals surface area contributed by atoms with Crippen LogP contribution in [0.2, 0.25) is 5.02 Å². The SMILES string of the molecule is O=S(=O)(NC(c1ccc(Cl)cc1)C(F)(F)F)c1cnc2ccnn2c1. The number of halogens is 4. The molecule has 0 amide bonds. The summed E-state index contributed by atoms with van der Waals surface area (Å²) in [5.74, 6) is 0. The summed E-state index contributed by atoms with van der Waals surface area (Å²) in [5, 5.41) is 4.05. The third-order valence-corrected chi connectivity index (χ3v) is 4.97. The van der Waals surface area contributed by atoms with E-state index in [0.717, 1.165) is 29.0 Å². The van der Waals surface area contributed by atoms with Gasteiger partial charge < -0.3 is 0 Å². The van der Waals surface area contributed by atoms with Gasteiger partial charge in [-0.2, -0.15) is 23.0 Å². The maximum absolute atomic E-state index is 13.4. The van der Waals surface area contributed by atoms with Crippen molar-refractivity contribution in [2.75, 3.05) is 0 Å². The predicted octanol–water partition coefficient (Wildman–Crippen LogP) is 2.96. The number of benzene rings is 1. The van der Waals surface area contributed by atoms with Crippen molar-refractivity contribution in [2.24, 2.45) is 0 Å². The Bertz CT molecular complexity index is 1000. The Morgan fingerprint density at radius 3 is 2.48 bits per heavy atom. The van der Waals surface area contributed by atoms with Gasteiger partial charge in [-0.1, -0.05) is 23.7 Å². The van der Waals surface area contributed by atoms with Gasteiger partial charge in [0, 0.05) is 11.1 Å². The molecule has 2 aromatic heterocycles. The van der Waals surface area contributed by atoms with E-state index in [2.05, 4.69) is 10.1 Å². The van der Waals surface area contributed by atoms with E-state index >= 15 is 0 Å². The number of nitrogens with zero attached hydrogens (tertiary/aromatic N) is 3. The van der Waals surface area contributed by atoms with Crippen molar-refractivity contribution in [3.63, 3.8) is 0 Å². The van der Waals surface area contributed by atoms with Gasteiger partial charge in [0.15, 0.2) is 5.65 Å². The van der Waals surface area contributed by atoms with E-state index in [1.54, 1.807) is 4.72 Å². The minimum absolute atomic E-state index is 0.237. The van der Waals surface area contributed by atoms with Crippen molar-refractivity contribution in [1.29, 1.82) is 0 Å². The molecule has 11 heteroatoms. The molecule has 0 saturated carbocycles. The summed E-state index contributed by atoms with van der Waals surface area (Å²) in [6.45, 7) is 0. The highest BCUT2D eigenvalue weighted by molar-refractivity contribution is 7.89. The van der Waals surface area contributed by atoms with E-state index in [1.807, 2.05) is 0 Å². The Labute approximate surface area is 145 Å². The van der Waals surface area contributed by atoms with Crippen LogP contribution in [0.5, 0.6) is 0 Å². The molecule has 6 nitrogen and oxygen atoms in total. The fraction of sp³-hybridized carbons (Fsp3) is 0.143. The molecular weight excluding hydrogens is 381 g/mol. The van der Waals surface area contributed by atoms with E-state index in [0.29, 0.717) is 5.65 Å². The Hall–Kier alpha value is -2.17. The number of sulfonamides is 1. The van der Waals surface area contributed by atoms with Gasteiger partial charge in [-0.3, -0.25) is 0 Å². The quantitative estimate of drug-likeness (QED) is 0.743. The fourth-order valence-corrected chi connectivity index (χ4v) is 3.41. The van der Waals surface area contributed by atoms with Gasteiger partial charge in [0.2, 0.25) is 10.0 Å². The summed E-state index contributed by atoms with van der Waals surface area (Å²) in [5.41, 5.74) is 0.0811. The predicted molar refractivity (Wildman–Crippen MR) is 83.6 cm³/mol. The molecule has 0 radical (unpaired) electrons. The second-order valence-electron chi connectivity index (χ2n) is 5.07. The second-order valence-corrected chi connectivity index (χ2v) is 7.22. The molecule has 1 atom stereocenters. The van der Waals surface area contributed by atoms with Gasteiger partial charge in [0.05, 0.1) is 18.6 Å². The molecule has 1 aromatic carbocycles. The average Bonchev–Trinajstić information content (AvgIpc) is 3.00. The number of alkyl halides is 3. The van der Waals surface area contributed by atoms with E-state index in [4.69, 9.17) is 11.6 Å². The molecule has 0 fully saturated rings. The molecule has 0 spiro atoms. The summed E-state index contributed by atoms with van der Waals surface area (Å²) >= 11 is 5.67. The zero-order valence-electron chi connectivity index (χ0n) is 12.3. The third-order valence-electron chi connectivity index (χ3n) is 3.34. The Morgan fingerprint density at radius 1 is 1.16 bits per heavy atom. The van der Waals surface area contributed by atoms with Crippen LogP contribution in [0.4, 0.5) is 13.2 Å². The number of aromatic nitrogens is 3. The fourth-order valence-electron chi connectivity index (χ4n) is 2.13. The van der Waals surface area contributed by atoms with Gasteiger partial charge in [0.25, 0.3) is 0 Å². The first-order chi connectivity index (χ1) is 11.7. The Balaban J connectivity index is 1.98. The Morgan fingerprint density at radius 2 is 1.84 bits per heavy atom. The average molecular weight is 391 g/mol. The lowest BCUT2D eigenvalue weighted by Crippen LogP contribution is -2.38. The summed E-state index contributed by atoms with van der Waals surface area (Å²) in [6.07, 6.45) is -1.41. The first-order valence-electron chi connectivity index (χ1n) is 6.81. The first kappa shape index (κ1) is 17.6. The van der Waals surface area contributed by atoms with Gasteiger partial charge in [-0.15, -0.1) is 0 Å². The molecule has 1 unspecified atom stereocenters. The van der Waals surface area contributed by atoms with Crippen LogP contribution < -0.4 is 4.72 Å². The molecule has 3 aromatic rings. The zero-order valence-corrected chi connectivity index (χ0v) is 13.8. The van der Waals surface area contributed by atoms with Crippen molar-refractivity contribution < 1.29 is 21.6 Å². The van der Waals surface area contributed by atoms with Crippen molar-refractivity contribution in [3.05, 3.63) is 59.5 Å². The van der Waals surface area contributed by atoms with Gasteiger partial charge in [-0.05, 0) is 17.7 Å². The number of nitrogens with one attached hydrogen (secondary N) is 1. The van der Waals surface area contributed by atoms with Crippen LogP contribution in [-0.4, -0.2) is 29.2 Å². The smallest absolute Gasteiger partial charge is 0.236 e. The maximum atomic E-state index is 13.4. The van der Waals surface area contributed by atoms with Crippen LogP contribution >= 0.6 is 11.6 Å². The van der Waals surface area contributed by atoms with Crippen molar-refractivity contribution in [3.8, 4) is 0 Å². The molecule has 2 heterocycles. The maximum Gasteiger partial charge on any atom is 0.408 e. The molecule has 0 saturated heterocycles. The summed E-state index contributed by atoms with van der Waals surface area (Å²) < 4.78 is 67.7. The lowest BCUT2D eigenvalue weighted by atomic mass is 10.1. The van der Waals surface area contributed by atoms with Gasteiger partial charge >= 0.3 is 6.18 Å². The molecule has 132 valence electrons. The minimum Gasteiger partial charge on any atom is -0.236 e. The number of fused-ring (bicyclic) bond motifs is 1. The van der Waals surface area contributed by atoms with E-state index < -0.39 is 27.1 Å². The highest BCUT2D eigenvalue weighted by atomic mass is 35.5. The summed E-state index contributed by atoms with van der Waals surface area (Å²) in [4.78, 5) is 3.41. The largest absolute Gasteiger partial charge is 0.408 e. The lowest BCUT2D eigenvalue weighted by molar-refractivity contribution is -0.153. The second kappa shape index (κ2) is 6.28. The van der Waals surface area contributed by atoms with Crippen LogP contribution in [0.1, 0.15) is 11.6 Å². The molecule has 0 aliphatic heterocycles. The van der Waals surface area contributed by atoms with Gasteiger partial charge in [0.1, 0.15) is 10.9 Å². The lowest BCUT2D eigenvalue weighted by Gasteiger charge is -2.22. The molecule has 25 heavy (non-hydrogen) atoms. The Kier molecular flexibility index (Phi) is 4.43. The molecule has 3 rings (SSSR count). The summed E-state index contributed by atoms with van der Waals surface area (Å²) in [6, 6.07) is 3.82. The van der Waals surface area contributed by atoms with E-state index in [-0.39, 0.29) is 10.6 Å². The zero-order chi connectivity index (χ0) is 18.2. The van der Waals surface area contributed by atoms with Gasteiger partial charge in [-0.25, -0.2) is 17.9 Å². The van der Waals surface area contributed by atoms with Crippen LogP contribution in [0, 0.1) is 0 Å². The van der Waals surface area contributed by atoms with E-state index in [1.165, 1.54) is 24.4 Å². The third kappa shape index (κ3) is 3.75. The summed E-state index contributed by atoms with van der Waals surface area (Å²) in [7, 11) is -4.50. The minimum atomic E-state index is -4.84. The van der Waals surface area contributed by atoms with Crippen molar-refractivity contribution >= 4 is 27.3 Å². The molecule has 0 aliphatic carbocycles. The normalized spacial score (nSPS) is 13.9. The first-order valence-corrected chi connectivity index (χ1v) is 8.67. The molecule has 0 bridgehead atoms. The highest BCUT2D eigenvalue weighted by Gasteiger charge is 2.43. The van der Waals surface area contributed by atoms with Crippen LogP contribution in [-0.2, 0) is 10.0 Å². The molecule has 1 N–H and O–H groups in total. The molecule has 0 aliphatic rings. The topological polar surface area (TPSA) is 76.4 Å². The highest BCUT2D eigenvalue weighted by Crippen LogP contribution is 2.34. The van der Waals surface area contributed by atoms with E-state index in [9.17, 15) is 21.6 Å². The number of hydrogen-bond donors (Lipinski definition) is 1.